The number of Topliss-reactive ketones (excluding diaryl/α,β-unsaturated/α-hetero) is 1. The molecule has 0 atom stereocenters. The molecule has 0 unspecified atom stereocenters. The van der Waals surface area contributed by atoms with Crippen molar-refractivity contribution in [2.45, 2.75) is 13.3 Å². The van der Waals surface area contributed by atoms with Crippen LogP contribution >= 0.6 is 11.6 Å². The lowest BCUT2D eigenvalue weighted by Gasteiger charge is -2.06. The minimum absolute atomic E-state index is 0.0369. The monoisotopic (exact) mass is 257 g/mol. The Bertz CT molecular complexity index is 512. The van der Waals surface area contributed by atoms with Gasteiger partial charge in [-0.3, -0.25) is 14.9 Å². The number of carboxylic acids is 1. The maximum absolute atomic E-state index is 11.3. The van der Waals surface area contributed by atoms with Crippen LogP contribution in [0.4, 0.5) is 5.69 Å². The molecule has 6 nitrogen and oxygen atoms in total. The summed E-state index contributed by atoms with van der Waals surface area (Å²) in [4.78, 5) is 32.0. The van der Waals surface area contributed by atoms with E-state index in [-0.39, 0.29) is 22.6 Å². The van der Waals surface area contributed by atoms with E-state index < -0.39 is 22.4 Å². The predicted octanol–water partition coefficient (Wildman–Crippen LogP) is 2.08. The Labute approximate surface area is 101 Å². The third-order valence-electron chi connectivity index (χ3n) is 2.21. The zero-order valence-electron chi connectivity index (χ0n) is 8.77. The Morgan fingerprint density at radius 2 is 2.06 bits per heavy atom. The molecule has 0 saturated heterocycles. The van der Waals surface area contributed by atoms with Gasteiger partial charge in [0.1, 0.15) is 5.02 Å². The van der Waals surface area contributed by atoms with Gasteiger partial charge in [0.05, 0.1) is 4.92 Å². The lowest BCUT2D eigenvalue weighted by Crippen LogP contribution is -2.15. The van der Waals surface area contributed by atoms with E-state index in [4.69, 9.17) is 16.7 Å². The Morgan fingerprint density at radius 3 is 2.47 bits per heavy atom. The van der Waals surface area contributed by atoms with E-state index in [1.165, 1.54) is 6.07 Å². The maximum atomic E-state index is 11.3. The van der Waals surface area contributed by atoms with Crippen molar-refractivity contribution in [3.05, 3.63) is 38.4 Å². The predicted molar refractivity (Wildman–Crippen MR) is 59.5 cm³/mol. The molecule has 0 fully saturated rings. The molecule has 7 heteroatoms. The van der Waals surface area contributed by atoms with E-state index in [0.29, 0.717) is 0 Å². The highest BCUT2D eigenvalue weighted by molar-refractivity contribution is 6.41. The number of carbonyl (C=O) groups excluding carboxylic acids is 1. The molecule has 17 heavy (non-hydrogen) atoms. The highest BCUT2D eigenvalue weighted by atomic mass is 35.5. The molecular formula is C10H8ClNO5. The molecule has 1 aromatic carbocycles. The number of nitro benzene ring substituents is 1. The smallest absolute Gasteiger partial charge is 0.377 e. The summed E-state index contributed by atoms with van der Waals surface area (Å²) in [6.07, 6.45) is 0.144. The summed E-state index contributed by atoms with van der Waals surface area (Å²) in [5.41, 5.74) is -0.577. The molecule has 0 heterocycles. The average molecular weight is 258 g/mol. The number of carboxylic acid groups (broad SMARTS) is 1. The van der Waals surface area contributed by atoms with Crippen LogP contribution in [0, 0.1) is 10.1 Å². The van der Waals surface area contributed by atoms with Crippen molar-refractivity contribution in [3.8, 4) is 0 Å². The third-order valence-corrected chi connectivity index (χ3v) is 2.51. The summed E-state index contributed by atoms with van der Waals surface area (Å²) < 4.78 is 0. The van der Waals surface area contributed by atoms with Crippen LogP contribution in [0.15, 0.2) is 12.1 Å². The van der Waals surface area contributed by atoms with Gasteiger partial charge in [-0.05, 0) is 18.6 Å². The molecule has 1 aromatic rings. The number of nitro groups is 1. The summed E-state index contributed by atoms with van der Waals surface area (Å²) in [5, 5.41) is 19.3. The second-order valence-electron chi connectivity index (χ2n) is 3.17. The van der Waals surface area contributed by atoms with Gasteiger partial charge in [-0.25, -0.2) is 4.79 Å². The van der Waals surface area contributed by atoms with Crippen molar-refractivity contribution in [2.24, 2.45) is 0 Å². The SMILES string of the molecule is CCc1c(C(=O)C(=O)O)ccc(Cl)c1[N+](=O)[O-]. The Morgan fingerprint density at radius 1 is 1.47 bits per heavy atom. The van der Waals surface area contributed by atoms with Crippen molar-refractivity contribution in [3.63, 3.8) is 0 Å². The molecule has 0 aliphatic rings. The van der Waals surface area contributed by atoms with Crippen molar-refractivity contribution >= 4 is 29.0 Å². The first-order valence-corrected chi connectivity index (χ1v) is 5.01. The summed E-state index contributed by atoms with van der Waals surface area (Å²) >= 11 is 5.66. The second-order valence-corrected chi connectivity index (χ2v) is 3.57. The zero-order valence-corrected chi connectivity index (χ0v) is 9.52. The minimum Gasteiger partial charge on any atom is -0.475 e. The zero-order chi connectivity index (χ0) is 13.2. The van der Waals surface area contributed by atoms with Gasteiger partial charge in [0.25, 0.3) is 11.5 Å². The lowest BCUT2D eigenvalue weighted by molar-refractivity contribution is -0.385. The van der Waals surface area contributed by atoms with E-state index in [1.54, 1.807) is 6.92 Å². The van der Waals surface area contributed by atoms with Crippen LogP contribution in [0.2, 0.25) is 5.02 Å². The molecule has 0 saturated carbocycles. The number of ketones is 1. The van der Waals surface area contributed by atoms with Crippen LogP contribution in [-0.2, 0) is 11.2 Å². The van der Waals surface area contributed by atoms with Gasteiger partial charge in [-0.2, -0.15) is 0 Å². The number of benzene rings is 1. The van der Waals surface area contributed by atoms with Crippen LogP contribution in [0.1, 0.15) is 22.8 Å². The first-order valence-electron chi connectivity index (χ1n) is 4.63. The Hall–Kier alpha value is -1.95. The van der Waals surface area contributed by atoms with E-state index >= 15 is 0 Å². The average Bonchev–Trinajstić information content (AvgIpc) is 2.26. The van der Waals surface area contributed by atoms with Crippen molar-refractivity contribution in [1.29, 1.82) is 0 Å². The number of hydrogen-bond acceptors (Lipinski definition) is 4. The molecule has 0 aliphatic carbocycles. The Balaban J connectivity index is 3.54. The van der Waals surface area contributed by atoms with Gasteiger partial charge in [0.15, 0.2) is 0 Å². The van der Waals surface area contributed by atoms with E-state index in [1.807, 2.05) is 0 Å². The van der Waals surface area contributed by atoms with E-state index in [9.17, 15) is 19.7 Å². The largest absolute Gasteiger partial charge is 0.475 e. The summed E-state index contributed by atoms with van der Waals surface area (Å²) in [7, 11) is 0. The molecular weight excluding hydrogens is 250 g/mol. The van der Waals surface area contributed by atoms with Gasteiger partial charge >= 0.3 is 5.97 Å². The standard InChI is InChI=1S/C10H8ClNO5/c1-2-5-6(9(13)10(14)15)3-4-7(11)8(5)12(16)17/h3-4H,2H2,1H3,(H,14,15). The van der Waals surface area contributed by atoms with Gasteiger partial charge < -0.3 is 5.11 Å². The topological polar surface area (TPSA) is 97.5 Å². The molecule has 1 rings (SSSR count). The summed E-state index contributed by atoms with van der Waals surface area (Å²) in [5.74, 6) is -2.84. The summed E-state index contributed by atoms with van der Waals surface area (Å²) in [6.45, 7) is 1.58. The van der Waals surface area contributed by atoms with Crippen LogP contribution in [0.5, 0.6) is 0 Å². The van der Waals surface area contributed by atoms with Crippen LogP contribution in [-0.4, -0.2) is 21.8 Å². The van der Waals surface area contributed by atoms with Crippen LogP contribution in [0.25, 0.3) is 0 Å². The quantitative estimate of drug-likeness (QED) is 0.385. The fourth-order valence-electron chi connectivity index (χ4n) is 1.49. The number of nitrogens with zero attached hydrogens (tertiary/aromatic N) is 1. The maximum Gasteiger partial charge on any atom is 0.377 e. The lowest BCUT2D eigenvalue weighted by atomic mass is 9.99. The molecule has 0 aromatic heterocycles. The number of aliphatic carboxylic acids is 1. The minimum atomic E-state index is -1.66. The van der Waals surface area contributed by atoms with Crippen LogP contribution in [0.3, 0.4) is 0 Å². The first-order chi connectivity index (χ1) is 7.90. The van der Waals surface area contributed by atoms with E-state index in [0.717, 1.165) is 6.07 Å². The number of rotatable bonds is 4. The number of halogens is 1. The second kappa shape index (κ2) is 4.92. The number of carbonyl (C=O) groups is 2. The normalized spacial score (nSPS) is 10.0. The molecule has 0 bridgehead atoms. The third kappa shape index (κ3) is 2.42. The van der Waals surface area contributed by atoms with E-state index in [2.05, 4.69) is 0 Å². The molecule has 0 spiro atoms. The highest BCUT2D eigenvalue weighted by Crippen LogP contribution is 2.31. The summed E-state index contributed by atoms with van der Waals surface area (Å²) in [6, 6.07) is 2.33. The first kappa shape index (κ1) is 13.1. The number of hydrogen-bond donors (Lipinski definition) is 1. The Kier molecular flexibility index (Phi) is 3.80. The van der Waals surface area contributed by atoms with Gasteiger partial charge in [-0.1, -0.05) is 18.5 Å². The molecule has 0 aliphatic heterocycles. The van der Waals surface area contributed by atoms with Crippen molar-refractivity contribution in [1.82, 2.24) is 0 Å². The van der Waals surface area contributed by atoms with Gasteiger partial charge in [-0.15, -0.1) is 0 Å². The fraction of sp³-hybridized carbons (Fsp3) is 0.200. The molecule has 1 N–H and O–H groups in total. The molecule has 0 amide bonds. The molecule has 90 valence electrons. The van der Waals surface area contributed by atoms with Crippen molar-refractivity contribution < 1.29 is 19.6 Å². The molecule has 0 radical (unpaired) electrons. The highest BCUT2D eigenvalue weighted by Gasteiger charge is 2.26. The van der Waals surface area contributed by atoms with Crippen molar-refractivity contribution in [2.75, 3.05) is 0 Å². The van der Waals surface area contributed by atoms with Crippen LogP contribution < -0.4 is 0 Å². The fourth-order valence-corrected chi connectivity index (χ4v) is 1.74. The van der Waals surface area contributed by atoms with Gasteiger partial charge in [0, 0.05) is 11.1 Å². The van der Waals surface area contributed by atoms with Gasteiger partial charge in [0.2, 0.25) is 0 Å².